The Hall–Kier alpha value is -2.17. The summed E-state index contributed by atoms with van der Waals surface area (Å²) in [7, 11) is 0. The number of fused-ring (bicyclic) bond motifs is 1. The molecule has 2 N–H and O–H groups in total. The van der Waals surface area contributed by atoms with Crippen molar-refractivity contribution in [1.29, 1.82) is 0 Å². The Labute approximate surface area is 144 Å². The van der Waals surface area contributed by atoms with Crippen molar-refractivity contribution in [2.24, 2.45) is 0 Å². The number of H-pyrrole nitrogens is 1. The van der Waals surface area contributed by atoms with Crippen molar-refractivity contribution in [3.63, 3.8) is 0 Å². The number of aromatic amines is 1. The van der Waals surface area contributed by atoms with E-state index >= 15 is 0 Å². The van der Waals surface area contributed by atoms with Crippen LogP contribution in [0, 0.1) is 11.6 Å². The topological polar surface area (TPSA) is 97.9 Å². The van der Waals surface area contributed by atoms with Gasteiger partial charge < -0.3 is 14.3 Å². The lowest BCUT2D eigenvalue weighted by molar-refractivity contribution is 0.103. The van der Waals surface area contributed by atoms with Gasteiger partial charge in [-0.1, -0.05) is 0 Å². The largest absolute Gasteiger partial charge is 0.755 e. The highest BCUT2D eigenvalue weighted by molar-refractivity contribution is 9.10. The minimum atomic E-state index is -2.81. The lowest BCUT2D eigenvalue weighted by Gasteiger charge is -2.12. The highest BCUT2D eigenvalue weighted by Crippen LogP contribution is 2.27. The summed E-state index contributed by atoms with van der Waals surface area (Å²) in [6.45, 7) is 0. The SMILES string of the molecule is O=C(c1c(F)ccc(NS(=O)[O-])c1F)c1c[nH]c2ncc(Br)cc12. The van der Waals surface area contributed by atoms with Crippen LogP contribution in [0.25, 0.3) is 11.0 Å². The maximum absolute atomic E-state index is 14.4. The van der Waals surface area contributed by atoms with Crippen molar-refractivity contribution in [3.8, 4) is 0 Å². The monoisotopic (exact) mass is 414 g/mol. The molecule has 24 heavy (non-hydrogen) atoms. The summed E-state index contributed by atoms with van der Waals surface area (Å²) in [5, 5.41) is 0.374. The Balaban J connectivity index is 2.15. The second-order valence-corrected chi connectivity index (χ2v) is 6.29. The van der Waals surface area contributed by atoms with Gasteiger partial charge in [-0.25, -0.2) is 13.8 Å². The van der Waals surface area contributed by atoms with E-state index in [1.807, 2.05) is 0 Å². The molecule has 0 fully saturated rings. The van der Waals surface area contributed by atoms with Gasteiger partial charge in [0.25, 0.3) is 0 Å². The number of hydrogen-bond acceptors (Lipinski definition) is 4. The average molecular weight is 415 g/mol. The lowest BCUT2D eigenvalue weighted by Crippen LogP contribution is -2.11. The molecule has 0 aliphatic carbocycles. The van der Waals surface area contributed by atoms with Crippen LogP contribution >= 0.6 is 15.9 Å². The number of nitrogens with one attached hydrogen (secondary N) is 2. The lowest BCUT2D eigenvalue weighted by atomic mass is 10.0. The molecule has 1 aromatic carbocycles. The maximum atomic E-state index is 14.4. The summed E-state index contributed by atoms with van der Waals surface area (Å²) >= 11 is 0.397. The zero-order valence-electron chi connectivity index (χ0n) is 11.6. The summed E-state index contributed by atoms with van der Waals surface area (Å²) in [5.41, 5.74) is -0.993. The maximum Gasteiger partial charge on any atom is 0.201 e. The third-order valence-corrected chi connectivity index (χ3v) is 4.07. The van der Waals surface area contributed by atoms with E-state index in [0.29, 0.717) is 15.5 Å². The van der Waals surface area contributed by atoms with Crippen molar-refractivity contribution in [2.45, 2.75) is 0 Å². The Morgan fingerprint density at radius 3 is 2.83 bits per heavy atom. The fourth-order valence-corrected chi connectivity index (χ4v) is 2.90. The van der Waals surface area contributed by atoms with E-state index in [1.165, 1.54) is 12.4 Å². The third-order valence-electron chi connectivity index (χ3n) is 3.25. The molecule has 0 aliphatic heterocycles. The van der Waals surface area contributed by atoms with Gasteiger partial charge >= 0.3 is 0 Å². The number of benzene rings is 1. The second-order valence-electron chi connectivity index (χ2n) is 4.70. The van der Waals surface area contributed by atoms with Crippen LogP contribution in [0.2, 0.25) is 0 Å². The van der Waals surface area contributed by atoms with Gasteiger partial charge in [0.1, 0.15) is 11.5 Å². The quantitative estimate of drug-likeness (QED) is 0.506. The number of nitrogens with zero attached hydrogens (tertiary/aromatic N) is 1. The van der Waals surface area contributed by atoms with Gasteiger partial charge in [-0.3, -0.25) is 9.00 Å². The first-order valence-corrected chi connectivity index (χ1v) is 8.26. The fourth-order valence-electron chi connectivity index (χ4n) is 2.23. The molecule has 0 saturated carbocycles. The number of hydrogen-bond donors (Lipinski definition) is 2. The number of halogens is 3. The van der Waals surface area contributed by atoms with E-state index < -0.39 is 39.9 Å². The average Bonchev–Trinajstić information content (AvgIpc) is 2.92. The highest BCUT2D eigenvalue weighted by atomic mass is 79.9. The molecule has 3 rings (SSSR count). The van der Waals surface area contributed by atoms with Gasteiger partial charge in [0.15, 0.2) is 5.82 Å². The predicted molar refractivity (Wildman–Crippen MR) is 86.1 cm³/mol. The second kappa shape index (κ2) is 6.38. The van der Waals surface area contributed by atoms with Gasteiger partial charge in [0.2, 0.25) is 5.78 Å². The van der Waals surface area contributed by atoms with E-state index in [2.05, 4.69) is 25.9 Å². The molecule has 6 nitrogen and oxygen atoms in total. The molecular weight excluding hydrogens is 408 g/mol. The summed E-state index contributed by atoms with van der Waals surface area (Å²) in [6, 6.07) is 3.29. The van der Waals surface area contributed by atoms with Crippen LogP contribution in [-0.4, -0.2) is 24.5 Å². The number of aromatic nitrogens is 2. The van der Waals surface area contributed by atoms with E-state index in [4.69, 9.17) is 0 Å². The summed E-state index contributed by atoms with van der Waals surface area (Å²) in [6.07, 6.45) is 2.79. The van der Waals surface area contributed by atoms with Crippen LogP contribution in [0.1, 0.15) is 15.9 Å². The molecule has 0 radical (unpaired) electrons. The van der Waals surface area contributed by atoms with Gasteiger partial charge in [-0.05, 0) is 34.1 Å². The molecule has 0 aliphatic rings. The first kappa shape index (κ1) is 16.7. The van der Waals surface area contributed by atoms with Crippen LogP contribution in [0.15, 0.2) is 35.1 Å². The molecule has 2 heterocycles. The van der Waals surface area contributed by atoms with Crippen molar-refractivity contribution in [1.82, 2.24) is 9.97 Å². The Morgan fingerprint density at radius 2 is 2.12 bits per heavy atom. The number of carbonyl (C=O) groups is 1. The smallest absolute Gasteiger partial charge is 0.201 e. The minimum Gasteiger partial charge on any atom is -0.755 e. The van der Waals surface area contributed by atoms with Crippen LogP contribution in [0.5, 0.6) is 0 Å². The van der Waals surface area contributed by atoms with Crippen molar-refractivity contribution in [3.05, 3.63) is 57.8 Å². The molecule has 0 bridgehead atoms. The molecule has 0 amide bonds. The van der Waals surface area contributed by atoms with Gasteiger partial charge in [-0.15, -0.1) is 0 Å². The number of carbonyl (C=O) groups excluding carboxylic acids is 1. The van der Waals surface area contributed by atoms with Gasteiger partial charge in [0.05, 0.1) is 11.3 Å². The van der Waals surface area contributed by atoms with Crippen LogP contribution in [0.3, 0.4) is 0 Å². The Morgan fingerprint density at radius 1 is 1.38 bits per heavy atom. The number of ketones is 1. The van der Waals surface area contributed by atoms with Crippen LogP contribution in [-0.2, 0) is 11.3 Å². The van der Waals surface area contributed by atoms with E-state index in [1.54, 1.807) is 10.8 Å². The first-order valence-electron chi connectivity index (χ1n) is 6.39. The zero-order chi connectivity index (χ0) is 17.4. The standard InChI is InChI=1S/C14H8BrF2N3O3S/c15-6-3-7-8(5-19-14(7)18-4-6)13(21)11-9(16)1-2-10(12(11)17)20-24(22)23/h1-5,20H,(H,18,19)(H,22,23)/p-1. The molecule has 1 atom stereocenters. The number of pyridine rings is 1. The molecular formula is C14H7BrF2N3O3S-. The van der Waals surface area contributed by atoms with Crippen molar-refractivity contribution < 1.29 is 22.3 Å². The molecule has 0 spiro atoms. The number of anilines is 1. The van der Waals surface area contributed by atoms with Crippen molar-refractivity contribution >= 4 is 49.7 Å². The molecule has 0 saturated heterocycles. The van der Waals surface area contributed by atoms with Crippen LogP contribution < -0.4 is 4.72 Å². The first-order chi connectivity index (χ1) is 11.4. The van der Waals surface area contributed by atoms with E-state index in [0.717, 1.165) is 12.1 Å². The van der Waals surface area contributed by atoms with E-state index in [-0.39, 0.29) is 5.56 Å². The highest BCUT2D eigenvalue weighted by Gasteiger charge is 2.24. The molecule has 124 valence electrons. The fraction of sp³-hybridized carbons (Fsp3) is 0. The van der Waals surface area contributed by atoms with Gasteiger partial charge in [-0.2, -0.15) is 0 Å². The molecule has 1 unspecified atom stereocenters. The summed E-state index contributed by atoms with van der Waals surface area (Å²) < 4.78 is 52.1. The van der Waals surface area contributed by atoms with Gasteiger partial charge in [0, 0.05) is 39.1 Å². The predicted octanol–water partition coefficient (Wildman–Crippen LogP) is 3.04. The van der Waals surface area contributed by atoms with Crippen molar-refractivity contribution in [2.75, 3.05) is 4.72 Å². The van der Waals surface area contributed by atoms with Crippen LogP contribution in [0.4, 0.5) is 14.5 Å². The summed E-state index contributed by atoms with van der Waals surface area (Å²) in [5.74, 6) is -3.32. The third kappa shape index (κ3) is 2.95. The normalized spacial score (nSPS) is 12.3. The molecule has 2 aromatic heterocycles. The summed E-state index contributed by atoms with van der Waals surface area (Å²) in [4.78, 5) is 19.4. The number of rotatable bonds is 4. The molecule has 3 aromatic rings. The minimum absolute atomic E-state index is 0.0111. The Kier molecular flexibility index (Phi) is 4.43. The Bertz CT molecular complexity index is 993. The molecule has 10 heteroatoms. The van der Waals surface area contributed by atoms with E-state index in [9.17, 15) is 22.3 Å². The zero-order valence-corrected chi connectivity index (χ0v) is 14.0.